The molecule has 31 heavy (non-hydrogen) atoms. The summed E-state index contributed by atoms with van der Waals surface area (Å²) < 4.78 is 0. The molecule has 0 saturated carbocycles. The first-order chi connectivity index (χ1) is 15.0. The summed E-state index contributed by atoms with van der Waals surface area (Å²) in [6.07, 6.45) is 3.79. The summed E-state index contributed by atoms with van der Waals surface area (Å²) in [7, 11) is 0. The highest BCUT2D eigenvalue weighted by molar-refractivity contribution is 5.90. The van der Waals surface area contributed by atoms with E-state index < -0.39 is 18.0 Å². The molecule has 0 heterocycles. The first-order valence-corrected chi connectivity index (χ1v) is 10.8. The van der Waals surface area contributed by atoms with Crippen LogP contribution in [-0.4, -0.2) is 56.5 Å². The van der Waals surface area contributed by atoms with Gasteiger partial charge in [0.2, 0.25) is 11.8 Å². The Kier molecular flexibility index (Phi) is 13.6. The third-order valence-electron chi connectivity index (χ3n) is 4.62. The fourth-order valence-electron chi connectivity index (χ4n) is 2.89. The van der Waals surface area contributed by atoms with Crippen molar-refractivity contribution in [3.8, 4) is 0 Å². The van der Waals surface area contributed by atoms with Crippen LogP contribution in [-0.2, 0) is 9.59 Å². The fourth-order valence-corrected chi connectivity index (χ4v) is 2.89. The second kappa shape index (κ2) is 16.1. The van der Waals surface area contributed by atoms with E-state index in [1.807, 2.05) is 18.2 Å². The number of unbranched alkanes of at least 4 members (excludes halogenated alkanes) is 1. The molecule has 10 nitrogen and oxygen atoms in total. The van der Waals surface area contributed by atoms with Crippen molar-refractivity contribution in [1.82, 2.24) is 16.0 Å². The van der Waals surface area contributed by atoms with Gasteiger partial charge in [-0.25, -0.2) is 0 Å². The zero-order valence-electron chi connectivity index (χ0n) is 18.2. The summed E-state index contributed by atoms with van der Waals surface area (Å²) in [5.41, 5.74) is 22.7. The van der Waals surface area contributed by atoms with Gasteiger partial charge in [0, 0.05) is 13.1 Å². The van der Waals surface area contributed by atoms with Crippen LogP contribution in [0.3, 0.4) is 0 Å². The van der Waals surface area contributed by atoms with Crippen molar-refractivity contribution in [2.24, 2.45) is 27.9 Å². The van der Waals surface area contributed by atoms with Crippen LogP contribution >= 0.6 is 0 Å². The number of aliphatic imine (C=N–C) groups is 1. The first kappa shape index (κ1) is 26.3. The predicted octanol–water partition coefficient (Wildman–Crippen LogP) is -0.940. The van der Waals surface area contributed by atoms with Crippen molar-refractivity contribution in [3.05, 3.63) is 35.9 Å². The molecule has 2 atom stereocenters. The number of rotatable bonds is 16. The van der Waals surface area contributed by atoms with Crippen LogP contribution in [0.25, 0.3) is 0 Å². The molecule has 0 bridgehead atoms. The number of nitrogens with two attached hydrogens (primary N) is 4. The number of hydrogen-bond acceptors (Lipinski definition) is 6. The number of nitrogens with zero attached hydrogens (tertiary/aromatic N) is 1. The van der Waals surface area contributed by atoms with E-state index in [2.05, 4.69) is 20.9 Å². The molecule has 0 aliphatic carbocycles. The van der Waals surface area contributed by atoms with Crippen molar-refractivity contribution in [3.63, 3.8) is 0 Å². The number of carbonyl (C=O) groups is 2. The molecule has 0 fully saturated rings. The molecule has 1 rings (SSSR count). The Labute approximate surface area is 184 Å². The fraction of sp³-hybridized carbons (Fsp3) is 0.571. The third-order valence-corrected chi connectivity index (χ3v) is 4.62. The quantitative estimate of drug-likeness (QED) is 0.0993. The number of carbonyl (C=O) groups excluding carboxylic acids is 2. The summed E-state index contributed by atoms with van der Waals surface area (Å²) in [4.78, 5) is 29.2. The Balaban J connectivity index is 2.52. The largest absolute Gasteiger partial charge is 0.370 e. The molecule has 174 valence electrons. The third kappa shape index (κ3) is 11.9. The van der Waals surface area contributed by atoms with Crippen molar-refractivity contribution in [1.29, 1.82) is 0 Å². The highest BCUT2D eigenvalue weighted by atomic mass is 16.2. The van der Waals surface area contributed by atoms with E-state index in [4.69, 9.17) is 22.9 Å². The minimum absolute atomic E-state index is 0.00425. The number of guanidine groups is 1. The van der Waals surface area contributed by atoms with Crippen LogP contribution in [0.4, 0.5) is 0 Å². The van der Waals surface area contributed by atoms with E-state index in [1.54, 1.807) is 12.1 Å². The lowest BCUT2D eigenvalue weighted by Gasteiger charge is -2.21. The van der Waals surface area contributed by atoms with Gasteiger partial charge in [-0.05, 0) is 57.3 Å². The molecular formula is C21H38N8O2. The SMILES string of the molecule is NCCCCNCCCNC(=O)C(NC(=O)C(N)CCCN=C(N)N)c1ccccc1. The number of hydrogen-bond donors (Lipinski definition) is 7. The van der Waals surface area contributed by atoms with Crippen molar-refractivity contribution >= 4 is 17.8 Å². The zero-order valence-corrected chi connectivity index (χ0v) is 18.2. The first-order valence-electron chi connectivity index (χ1n) is 10.8. The van der Waals surface area contributed by atoms with Crippen molar-refractivity contribution in [2.75, 3.05) is 32.7 Å². The van der Waals surface area contributed by atoms with E-state index in [1.165, 1.54) is 0 Å². The topological polar surface area (TPSA) is 187 Å². The van der Waals surface area contributed by atoms with Crippen molar-refractivity contribution < 1.29 is 9.59 Å². The molecule has 0 saturated heterocycles. The smallest absolute Gasteiger partial charge is 0.247 e. The molecule has 10 heteroatoms. The van der Waals surface area contributed by atoms with Crippen LogP contribution in [0.5, 0.6) is 0 Å². The van der Waals surface area contributed by atoms with Gasteiger partial charge < -0.3 is 38.9 Å². The molecule has 0 radical (unpaired) electrons. The number of nitrogens with one attached hydrogen (secondary N) is 3. The Bertz CT molecular complexity index is 665. The van der Waals surface area contributed by atoms with Gasteiger partial charge in [-0.1, -0.05) is 30.3 Å². The van der Waals surface area contributed by atoms with Crippen LogP contribution in [0.2, 0.25) is 0 Å². The average Bonchev–Trinajstić information content (AvgIpc) is 2.76. The number of benzene rings is 1. The van der Waals surface area contributed by atoms with E-state index in [9.17, 15) is 9.59 Å². The Morgan fingerprint density at radius 3 is 2.32 bits per heavy atom. The monoisotopic (exact) mass is 434 g/mol. The highest BCUT2D eigenvalue weighted by Gasteiger charge is 2.24. The molecule has 0 aliphatic heterocycles. The molecule has 0 aromatic heterocycles. The van der Waals surface area contributed by atoms with Crippen LogP contribution < -0.4 is 38.9 Å². The standard InChI is InChI=1S/C21H38N8O2/c22-11-4-5-12-26-13-7-15-27-20(31)18(16-8-2-1-3-9-16)29-19(30)17(23)10-6-14-28-21(24)25/h1-3,8-9,17-18,26H,4-7,10-15,22-23H2,(H,27,31)(H,29,30)(H4,24,25,28). The lowest BCUT2D eigenvalue weighted by Crippen LogP contribution is -2.47. The predicted molar refractivity (Wildman–Crippen MR) is 124 cm³/mol. The Morgan fingerprint density at radius 1 is 0.935 bits per heavy atom. The van der Waals surface area contributed by atoms with Crippen molar-refractivity contribution in [2.45, 2.75) is 44.2 Å². The molecule has 1 aromatic carbocycles. The highest BCUT2D eigenvalue weighted by Crippen LogP contribution is 2.13. The molecule has 2 unspecified atom stereocenters. The van der Waals surface area contributed by atoms with Crippen LogP contribution in [0.15, 0.2) is 35.3 Å². The maximum absolute atomic E-state index is 12.8. The van der Waals surface area contributed by atoms with Crippen LogP contribution in [0, 0.1) is 0 Å². The van der Waals surface area contributed by atoms with Gasteiger partial charge >= 0.3 is 0 Å². The summed E-state index contributed by atoms with van der Waals surface area (Å²) >= 11 is 0. The van der Waals surface area contributed by atoms with E-state index >= 15 is 0 Å². The van der Waals surface area contributed by atoms with E-state index in [0.29, 0.717) is 38.0 Å². The van der Waals surface area contributed by atoms with Gasteiger partial charge in [-0.15, -0.1) is 0 Å². The average molecular weight is 435 g/mol. The summed E-state index contributed by atoms with van der Waals surface area (Å²) in [6, 6.07) is 7.53. The minimum atomic E-state index is -0.810. The molecule has 1 aromatic rings. The molecule has 11 N–H and O–H groups in total. The molecule has 2 amide bonds. The maximum atomic E-state index is 12.8. The molecule has 0 aliphatic rings. The lowest BCUT2D eigenvalue weighted by molar-refractivity contribution is -0.129. The van der Waals surface area contributed by atoms with Crippen LogP contribution in [0.1, 0.15) is 43.7 Å². The second-order valence-corrected chi connectivity index (χ2v) is 7.30. The normalized spacial score (nSPS) is 12.6. The summed E-state index contributed by atoms with van der Waals surface area (Å²) in [5, 5.41) is 8.98. The zero-order chi connectivity index (χ0) is 22.9. The molecule has 0 spiro atoms. The Hall–Kier alpha value is -2.69. The lowest BCUT2D eigenvalue weighted by atomic mass is 10.0. The second-order valence-electron chi connectivity index (χ2n) is 7.30. The Morgan fingerprint density at radius 2 is 1.65 bits per heavy atom. The van der Waals surface area contributed by atoms with E-state index in [-0.39, 0.29) is 11.9 Å². The summed E-state index contributed by atoms with van der Waals surface area (Å²) in [5.74, 6) is -0.657. The molecular weight excluding hydrogens is 396 g/mol. The number of amides is 2. The summed E-state index contributed by atoms with van der Waals surface area (Å²) in [6.45, 7) is 3.31. The van der Waals surface area contributed by atoms with Gasteiger partial charge in [0.05, 0.1) is 6.04 Å². The van der Waals surface area contributed by atoms with E-state index in [0.717, 1.165) is 32.4 Å². The van der Waals surface area contributed by atoms with Gasteiger partial charge in [-0.2, -0.15) is 0 Å². The minimum Gasteiger partial charge on any atom is -0.370 e. The van der Waals surface area contributed by atoms with Gasteiger partial charge in [-0.3, -0.25) is 14.6 Å². The van der Waals surface area contributed by atoms with Gasteiger partial charge in [0.1, 0.15) is 6.04 Å². The van der Waals surface area contributed by atoms with Gasteiger partial charge in [0.25, 0.3) is 0 Å². The van der Waals surface area contributed by atoms with Gasteiger partial charge in [0.15, 0.2) is 5.96 Å². The maximum Gasteiger partial charge on any atom is 0.247 e.